The van der Waals surface area contributed by atoms with E-state index >= 15 is 0 Å². The Kier molecular flexibility index (Phi) is 26.0. The Balaban J connectivity index is 0.000000187. The van der Waals surface area contributed by atoms with E-state index in [4.69, 9.17) is 29.5 Å². The van der Waals surface area contributed by atoms with Crippen molar-refractivity contribution in [3.05, 3.63) is 126 Å². The minimum absolute atomic E-state index is 0.0205. The molecule has 0 saturated carbocycles. The van der Waals surface area contributed by atoms with Crippen molar-refractivity contribution in [2.24, 2.45) is 38.4 Å². The van der Waals surface area contributed by atoms with Crippen molar-refractivity contribution >= 4 is 110 Å². The maximum atomic E-state index is 13.6. The van der Waals surface area contributed by atoms with E-state index in [1.54, 1.807) is 80.9 Å². The molecule has 32 nitrogen and oxygen atoms in total. The summed E-state index contributed by atoms with van der Waals surface area (Å²) < 4.78 is 147. The number of ether oxygens (including phenoxy) is 2. The Bertz CT molecular complexity index is 5620. The number of hydrogen-bond donors (Lipinski definition) is 3. The van der Waals surface area contributed by atoms with Gasteiger partial charge < -0.3 is 0 Å². The molecule has 0 radical (unpaired) electrons. The van der Waals surface area contributed by atoms with Crippen LogP contribution in [0.5, 0.6) is 11.8 Å². The van der Waals surface area contributed by atoms with Crippen LogP contribution in [-0.4, -0.2) is 211 Å². The second-order valence-corrected chi connectivity index (χ2v) is 75.4. The molecule has 642 valence electrons. The Morgan fingerprint density at radius 1 is 0.483 bits per heavy atom. The average Bonchev–Trinajstić information content (AvgIpc) is 1.57. The molecule has 3 saturated heterocycles. The fourth-order valence-corrected chi connectivity index (χ4v) is 25.4. The van der Waals surface area contributed by atoms with Gasteiger partial charge in [0.25, 0.3) is 0 Å². The van der Waals surface area contributed by atoms with E-state index in [9.17, 15) is 52.8 Å². The number of amides is 3. The Morgan fingerprint density at radius 2 is 0.814 bits per heavy atom. The van der Waals surface area contributed by atoms with Crippen LogP contribution in [0.1, 0.15) is 137 Å². The summed E-state index contributed by atoms with van der Waals surface area (Å²) in [5.41, 5.74) is -1.02. The van der Waals surface area contributed by atoms with Crippen molar-refractivity contribution in [2.45, 2.75) is 203 Å². The fraction of sp³-hybridized carbons (Fsp3) is 0.532. The van der Waals surface area contributed by atoms with Crippen molar-refractivity contribution in [2.75, 3.05) is 46.4 Å². The molecule has 9 aromatic heterocycles. The van der Waals surface area contributed by atoms with Crippen LogP contribution in [-0.2, 0) is 51.2 Å². The summed E-state index contributed by atoms with van der Waals surface area (Å²) in [4.78, 5) is 61.0. The molecular weight excluding hydrogens is 1770 g/mol. The van der Waals surface area contributed by atoms with Crippen molar-refractivity contribution in [1.82, 2.24) is 87.8 Å². The number of rotatable bonds is 23. The van der Waals surface area contributed by atoms with Gasteiger partial charge in [-0.25, -0.2) is 8.42 Å². The van der Waals surface area contributed by atoms with E-state index < -0.39 is 111 Å². The van der Waals surface area contributed by atoms with Gasteiger partial charge in [0, 0.05) is 20.3 Å². The van der Waals surface area contributed by atoms with Crippen molar-refractivity contribution in [3.8, 4) is 29.2 Å². The Morgan fingerprint density at radius 3 is 1.10 bits per heavy atom. The summed E-state index contributed by atoms with van der Waals surface area (Å²) in [5.74, 6) is 22.1. The molecule has 0 aliphatic carbocycles. The molecule has 3 fully saturated rings. The molecule has 1 unspecified atom stereocenters. The van der Waals surface area contributed by atoms with Crippen LogP contribution in [0.2, 0.25) is 56.6 Å². The van der Waals surface area contributed by atoms with Gasteiger partial charge in [-0.2, -0.15) is 23.4 Å². The van der Waals surface area contributed by atoms with Crippen LogP contribution >= 0.6 is 0 Å². The standard InChI is InChI=1S/C28H40F3GeN7O4S.C25H37GeN7O4S.C24H35GeN7O3S/c1-18-21(16-37(9)34-18)44(41,42)36-25(40)20-10-11-22(33-24(20)38-15-19(32(6,7)8)14-27(38,4)5)39-13-12-23(35-39)43-17-26(2,3)28(29,30)31;1-17-13-25(3,4)32(14-17)23-19(24(34)30-38(35,36)20-15-31(8)28-18(20)2)9-10-21(27-23)33-12-11-22(29-33)37-16-26(5,6)7;1-16-13-24(3,4)31(14-16)22-18(23(33)29-36(34,35)19-15-30(8)27-17(19)2)9-10-21(26-22)32-12-11-20(28-32)25(5,6)7/h10-13,16,19H,14-15,17H2,1-9H3,(H,36,40);9-12,15,17H,13-14,16H2,1-8H3,(H,30,34);9-12,15-16H,13-14H2,1-8H3,(H,29,33)/t;17-;16-/m.00/s1. The number of anilines is 3. The first-order chi connectivity index (χ1) is 54.2. The molecule has 0 spiro atoms. The van der Waals surface area contributed by atoms with Gasteiger partial charge in [0.1, 0.15) is 4.90 Å². The maximum absolute atomic E-state index is 13.6. The summed E-state index contributed by atoms with van der Waals surface area (Å²) in [6.45, 7) is 25.1. The molecular formula is C77H112F3Ge3N21O11S3. The number of alkyl halides is 3. The zero-order chi connectivity index (χ0) is 87.7. The predicted octanol–water partition coefficient (Wildman–Crippen LogP) is 11.0. The third-order valence-corrected chi connectivity index (χ3v) is 37.1. The number of carbonyl (C=O) groups is 3. The second-order valence-electron chi connectivity index (χ2n) is 37.0. The van der Waals surface area contributed by atoms with E-state index in [1.165, 1.54) is 68.6 Å². The van der Waals surface area contributed by atoms with Crippen LogP contribution in [0.3, 0.4) is 0 Å². The average molecular weight is 1880 g/mol. The predicted molar refractivity (Wildman–Crippen MR) is 453 cm³/mol. The van der Waals surface area contributed by atoms with Gasteiger partial charge in [0.15, 0.2) is 0 Å². The molecule has 12 heterocycles. The number of hydrogen-bond acceptors (Lipinski definition) is 23. The van der Waals surface area contributed by atoms with Gasteiger partial charge in [-0.1, -0.05) is 0 Å². The summed E-state index contributed by atoms with van der Waals surface area (Å²) in [6.07, 6.45) is 7.50. The monoisotopic (exact) mass is 1880 g/mol. The van der Waals surface area contributed by atoms with Gasteiger partial charge >= 0.3 is 603 Å². The molecule has 3 aliphatic rings. The first-order valence-electron chi connectivity index (χ1n) is 38.7. The molecule has 118 heavy (non-hydrogen) atoms. The first-order valence-corrected chi connectivity index (χ1v) is 65.8. The molecule has 41 heteroatoms. The van der Waals surface area contributed by atoms with Crippen molar-refractivity contribution in [1.29, 1.82) is 0 Å². The van der Waals surface area contributed by atoms with E-state index in [0.717, 1.165) is 37.6 Å². The van der Waals surface area contributed by atoms with Gasteiger partial charge in [0.05, 0.1) is 5.69 Å². The molecule has 0 aromatic carbocycles. The van der Waals surface area contributed by atoms with Gasteiger partial charge in [-0.05, 0) is 27.7 Å². The number of nitrogens with zero attached hydrogens (tertiary/aromatic N) is 18. The molecule has 3 N–H and O–H groups in total. The molecule has 3 amide bonds. The molecule has 0 bridgehead atoms. The van der Waals surface area contributed by atoms with Crippen molar-refractivity contribution in [3.63, 3.8) is 0 Å². The van der Waals surface area contributed by atoms with E-state index in [1.807, 2.05) is 17.2 Å². The third kappa shape index (κ3) is 21.0. The summed E-state index contributed by atoms with van der Waals surface area (Å²) in [5, 5.41) is 25.8. The first kappa shape index (κ1) is 91.7. The number of carbonyl (C=O) groups excluding carboxylic acids is 3. The van der Waals surface area contributed by atoms with Crippen LogP contribution in [0, 0.1) is 38.0 Å². The fourth-order valence-electron chi connectivity index (χ4n) is 14.7. The van der Waals surface area contributed by atoms with Gasteiger partial charge in [-0.15, -0.1) is 0 Å². The molecule has 3 aliphatic heterocycles. The zero-order valence-corrected chi connectivity index (χ0v) is 80.7. The number of sulfonamides is 3. The summed E-state index contributed by atoms with van der Waals surface area (Å²) in [6, 6.07) is 14.8. The van der Waals surface area contributed by atoms with Crippen LogP contribution < -0.4 is 42.9 Å². The summed E-state index contributed by atoms with van der Waals surface area (Å²) >= 11 is -6.22. The van der Waals surface area contributed by atoms with Crippen LogP contribution in [0.15, 0.2) is 106 Å². The topological polar surface area (TPSA) is 363 Å². The third-order valence-electron chi connectivity index (χ3n) is 21.0. The quantitative estimate of drug-likeness (QED) is 0.0501. The second kappa shape index (κ2) is 33.4. The van der Waals surface area contributed by atoms with E-state index in [-0.39, 0.29) is 65.7 Å². The van der Waals surface area contributed by atoms with E-state index in [2.05, 4.69) is 157 Å². The van der Waals surface area contributed by atoms with Crippen LogP contribution in [0.4, 0.5) is 30.6 Å². The number of aromatic nitrogens is 15. The number of halogens is 3. The van der Waals surface area contributed by atoms with Crippen molar-refractivity contribution < 1.29 is 62.3 Å². The molecule has 3 atom stereocenters. The number of aryl methyl sites for hydroxylation is 6. The number of pyridine rings is 3. The SMILES string of the molecule is Cc1nn(C)cc1S(=O)(=O)NC(=O)c1ccc(-n2cc[c]([Ge]([CH3])([CH3])[CH3])n2)nc1N1C[C@@H](C)CC1(C)C.Cc1nn(C)cc1S(=O)(=O)NC(=O)c1ccc(-n2ccc(OCC(C)(C)C(F)(F)F)n2)nc1N1C[CH]([Ge]([CH3])([CH3])[CH3])CC1(C)C.Cc1nn(C)cc1S(=O)(=O)NC(=O)c1ccc(-n2ccc(O[CH2][Ge]([CH3])([CH3])[CH3])n2)nc1N1C[C@@H](C)CC1(C)C. The Labute approximate surface area is 697 Å². The molecule has 12 rings (SSSR count). The van der Waals surface area contributed by atoms with E-state index in [0.29, 0.717) is 82.2 Å². The normalized spacial score (nSPS) is 17.7. The molecule has 9 aromatic rings. The Hall–Kier alpha value is -8.61. The van der Waals surface area contributed by atoms with Crippen LogP contribution in [0.25, 0.3) is 17.5 Å². The van der Waals surface area contributed by atoms with Gasteiger partial charge in [0.2, 0.25) is 0 Å². The van der Waals surface area contributed by atoms with Gasteiger partial charge in [-0.3, -0.25) is 9.36 Å². The zero-order valence-electron chi connectivity index (χ0n) is 71.9. The summed E-state index contributed by atoms with van der Waals surface area (Å²) in [7, 11) is -7.64. The number of nitrogens with one attached hydrogen (secondary N) is 3. The minimum atomic E-state index is -4.46.